The fraction of sp³-hybridized carbons (Fsp3) is 0.0909. The van der Waals surface area contributed by atoms with E-state index in [2.05, 4.69) is 5.32 Å². The molecular weight excluding hydrogens is 436 g/mol. The molecule has 9 heteroatoms. The largest absolute Gasteiger partial charge is 0.872 e. The van der Waals surface area contributed by atoms with E-state index >= 15 is 0 Å². The van der Waals surface area contributed by atoms with Gasteiger partial charge in [-0.2, -0.15) is 0 Å². The number of amides is 2. The average Bonchev–Trinajstić information content (AvgIpc) is 3.00. The normalized spacial score (nSPS) is 15.1. The molecule has 2 amide bonds. The lowest BCUT2D eigenvalue weighted by molar-refractivity contribution is -0.268. The number of carbonyl (C=O) groups is 3. The van der Waals surface area contributed by atoms with Gasteiger partial charge in [-0.15, -0.1) is 0 Å². The van der Waals surface area contributed by atoms with Crippen LogP contribution in [0.5, 0.6) is 5.75 Å². The maximum atomic E-state index is 12.6. The standard InChI is InChI=1S/C22H18N2O5S2/c25-17-13-15(9-10-16(17)21(28)29)23-19(26)11-12-24-20(27)18(31-22(24)30)8-4-7-14-5-2-1-3-6-14/h1-10,13,25H,11-12H2,(H,23,26)(H,28,29)/p-1/b7-4+,18-8-. The Morgan fingerprint density at radius 1 is 1.19 bits per heavy atom. The first-order valence-corrected chi connectivity index (χ1v) is 10.4. The van der Waals surface area contributed by atoms with Gasteiger partial charge in [0.15, 0.2) is 0 Å². The van der Waals surface area contributed by atoms with E-state index in [1.165, 1.54) is 22.7 Å². The maximum absolute atomic E-state index is 12.6. The number of thiocarbonyl (C=S) groups is 1. The van der Waals surface area contributed by atoms with Crippen LogP contribution in [0.15, 0.2) is 65.6 Å². The Hall–Kier alpha value is -3.43. The van der Waals surface area contributed by atoms with Crippen molar-refractivity contribution < 1.29 is 24.6 Å². The second-order valence-electron chi connectivity index (χ2n) is 6.44. The third-order valence-electron chi connectivity index (χ3n) is 4.27. The van der Waals surface area contributed by atoms with Crippen molar-refractivity contribution in [2.45, 2.75) is 6.42 Å². The van der Waals surface area contributed by atoms with Gasteiger partial charge in [0, 0.05) is 18.7 Å². The predicted molar refractivity (Wildman–Crippen MR) is 122 cm³/mol. The summed E-state index contributed by atoms with van der Waals surface area (Å²) in [6, 6.07) is 13.2. The minimum absolute atomic E-state index is 0.0333. The van der Waals surface area contributed by atoms with Crippen LogP contribution in [-0.2, 0) is 9.59 Å². The van der Waals surface area contributed by atoms with Crippen molar-refractivity contribution in [2.24, 2.45) is 0 Å². The molecule has 0 atom stereocenters. The Bertz CT molecular complexity index is 1100. The van der Waals surface area contributed by atoms with Gasteiger partial charge >= 0.3 is 5.97 Å². The van der Waals surface area contributed by atoms with Crippen molar-refractivity contribution in [1.29, 1.82) is 0 Å². The van der Waals surface area contributed by atoms with E-state index in [0.717, 1.165) is 17.7 Å². The third kappa shape index (κ3) is 5.80. The van der Waals surface area contributed by atoms with Crippen LogP contribution in [0.2, 0.25) is 0 Å². The van der Waals surface area contributed by atoms with Gasteiger partial charge in [-0.3, -0.25) is 14.5 Å². The molecule has 7 nitrogen and oxygen atoms in total. The highest BCUT2D eigenvalue weighted by atomic mass is 32.2. The molecule has 1 aliphatic rings. The fourth-order valence-electron chi connectivity index (χ4n) is 2.73. The molecular formula is C22H17N2O5S2-. The number of rotatable bonds is 7. The van der Waals surface area contributed by atoms with E-state index in [4.69, 9.17) is 17.3 Å². The number of carboxylic acid groups (broad SMARTS) is 1. The number of benzene rings is 2. The van der Waals surface area contributed by atoms with Crippen molar-refractivity contribution in [3.8, 4) is 5.75 Å². The molecule has 2 N–H and O–H groups in total. The number of anilines is 1. The third-order valence-corrected chi connectivity index (χ3v) is 5.66. The molecule has 2 aromatic carbocycles. The number of carboxylic acids is 1. The van der Waals surface area contributed by atoms with Gasteiger partial charge in [-0.05, 0) is 29.8 Å². The van der Waals surface area contributed by atoms with Crippen LogP contribution in [0.3, 0.4) is 0 Å². The van der Waals surface area contributed by atoms with Gasteiger partial charge < -0.3 is 15.5 Å². The summed E-state index contributed by atoms with van der Waals surface area (Å²) in [5.74, 6) is -2.72. The molecule has 1 aliphatic heterocycles. The molecule has 0 unspecified atom stereocenters. The van der Waals surface area contributed by atoms with Crippen LogP contribution < -0.4 is 10.4 Å². The summed E-state index contributed by atoms with van der Waals surface area (Å²) in [5.41, 5.74) is 0.823. The number of hydrogen-bond donors (Lipinski definition) is 2. The summed E-state index contributed by atoms with van der Waals surface area (Å²) in [4.78, 5) is 37.5. The van der Waals surface area contributed by atoms with E-state index in [9.17, 15) is 19.5 Å². The van der Waals surface area contributed by atoms with E-state index in [-0.39, 0.29) is 30.1 Å². The van der Waals surface area contributed by atoms with Crippen LogP contribution in [0.25, 0.3) is 6.08 Å². The van der Waals surface area contributed by atoms with Crippen LogP contribution >= 0.6 is 24.0 Å². The van der Waals surface area contributed by atoms with Crippen molar-refractivity contribution in [2.75, 3.05) is 11.9 Å². The number of aromatic carboxylic acids is 1. The smallest absolute Gasteiger partial charge is 0.335 e. The van der Waals surface area contributed by atoms with E-state index < -0.39 is 17.6 Å². The molecule has 0 aromatic heterocycles. The predicted octanol–water partition coefficient (Wildman–Crippen LogP) is 3.24. The van der Waals surface area contributed by atoms with Crippen molar-refractivity contribution >= 4 is 57.8 Å². The first-order chi connectivity index (χ1) is 14.8. The SMILES string of the molecule is O=C(CCN1C(=O)/C(=C/C=C/c2ccccc2)SC1=S)Nc1ccc(C(=O)O)c([O-])c1. The highest BCUT2D eigenvalue weighted by molar-refractivity contribution is 8.26. The zero-order chi connectivity index (χ0) is 22.4. The van der Waals surface area contributed by atoms with Gasteiger partial charge in [0.25, 0.3) is 5.91 Å². The Balaban J connectivity index is 1.56. The van der Waals surface area contributed by atoms with Crippen molar-refractivity contribution in [3.05, 3.63) is 76.7 Å². The lowest BCUT2D eigenvalue weighted by atomic mass is 10.2. The first-order valence-electron chi connectivity index (χ1n) is 9.16. The molecule has 0 bridgehead atoms. The zero-order valence-electron chi connectivity index (χ0n) is 16.1. The first kappa shape index (κ1) is 22.3. The summed E-state index contributed by atoms with van der Waals surface area (Å²) in [7, 11) is 0. The van der Waals surface area contributed by atoms with Crippen LogP contribution in [0.1, 0.15) is 22.3 Å². The Morgan fingerprint density at radius 3 is 2.61 bits per heavy atom. The fourth-order valence-corrected chi connectivity index (χ4v) is 3.99. The Labute approximate surface area is 188 Å². The van der Waals surface area contributed by atoms with Crippen molar-refractivity contribution in [3.63, 3.8) is 0 Å². The summed E-state index contributed by atoms with van der Waals surface area (Å²) < 4.78 is 0.366. The molecule has 0 radical (unpaired) electrons. The monoisotopic (exact) mass is 453 g/mol. The average molecular weight is 454 g/mol. The Morgan fingerprint density at radius 2 is 1.94 bits per heavy atom. The zero-order valence-corrected chi connectivity index (χ0v) is 17.7. The quantitative estimate of drug-likeness (QED) is 0.489. The summed E-state index contributed by atoms with van der Waals surface area (Å²) >= 11 is 6.42. The van der Waals surface area contributed by atoms with E-state index in [0.29, 0.717) is 9.23 Å². The molecule has 0 saturated carbocycles. The molecule has 0 aliphatic carbocycles. The molecule has 3 rings (SSSR count). The molecule has 1 fully saturated rings. The second kappa shape index (κ2) is 10.1. The number of nitrogens with one attached hydrogen (secondary N) is 1. The van der Waals surface area contributed by atoms with Crippen LogP contribution in [0.4, 0.5) is 5.69 Å². The number of allylic oxidation sites excluding steroid dienone is 2. The number of carbonyl (C=O) groups excluding carboxylic acids is 2. The van der Waals surface area contributed by atoms with Crippen molar-refractivity contribution in [1.82, 2.24) is 4.90 Å². The number of hydrogen-bond acceptors (Lipinski definition) is 6. The van der Waals surface area contributed by atoms with Gasteiger partial charge in [-0.25, -0.2) is 4.79 Å². The summed E-state index contributed by atoms with van der Waals surface area (Å²) in [6.07, 6.45) is 5.30. The van der Waals surface area contributed by atoms with Gasteiger partial charge in [-0.1, -0.05) is 72.2 Å². The lowest BCUT2D eigenvalue weighted by Crippen LogP contribution is -2.31. The molecule has 158 valence electrons. The molecule has 1 saturated heterocycles. The topological polar surface area (TPSA) is 110 Å². The lowest BCUT2D eigenvalue weighted by Gasteiger charge is -2.15. The Kier molecular flexibility index (Phi) is 7.22. The minimum atomic E-state index is -1.33. The molecule has 2 aromatic rings. The second-order valence-corrected chi connectivity index (χ2v) is 8.12. The maximum Gasteiger partial charge on any atom is 0.335 e. The van der Waals surface area contributed by atoms with Gasteiger partial charge in [0.2, 0.25) is 5.91 Å². The highest BCUT2D eigenvalue weighted by Gasteiger charge is 2.31. The summed E-state index contributed by atoms with van der Waals surface area (Å²) in [5, 5.41) is 23.1. The summed E-state index contributed by atoms with van der Waals surface area (Å²) in [6.45, 7) is 0.0910. The number of thioether (sulfide) groups is 1. The van der Waals surface area contributed by atoms with Gasteiger partial charge in [0.05, 0.1) is 10.5 Å². The number of nitrogens with zero attached hydrogens (tertiary/aromatic N) is 1. The van der Waals surface area contributed by atoms with E-state index in [1.807, 2.05) is 36.4 Å². The van der Waals surface area contributed by atoms with E-state index in [1.54, 1.807) is 12.2 Å². The van der Waals surface area contributed by atoms with Gasteiger partial charge in [0.1, 0.15) is 4.32 Å². The molecule has 1 heterocycles. The highest BCUT2D eigenvalue weighted by Crippen LogP contribution is 2.31. The molecule has 31 heavy (non-hydrogen) atoms. The molecule has 0 spiro atoms. The van der Waals surface area contributed by atoms with Crippen LogP contribution in [-0.4, -0.2) is 38.7 Å². The van der Waals surface area contributed by atoms with Crippen LogP contribution in [0, 0.1) is 0 Å². The minimum Gasteiger partial charge on any atom is -0.872 e.